The van der Waals surface area contributed by atoms with E-state index in [0.29, 0.717) is 65.4 Å². The highest BCUT2D eigenvalue weighted by Crippen LogP contribution is 2.34. The van der Waals surface area contributed by atoms with Crippen molar-refractivity contribution in [2.75, 3.05) is 39.5 Å². The van der Waals surface area contributed by atoms with E-state index in [-0.39, 0.29) is 12.2 Å². The molecule has 4 aromatic carbocycles. The van der Waals surface area contributed by atoms with E-state index in [4.69, 9.17) is 36.8 Å². The molecule has 0 fully saturated rings. The lowest BCUT2D eigenvalue weighted by Gasteiger charge is -2.14. The van der Waals surface area contributed by atoms with Gasteiger partial charge in [-0.05, 0) is 194 Å². The summed E-state index contributed by atoms with van der Waals surface area (Å²) < 4.78 is 60.2. The van der Waals surface area contributed by atoms with Crippen molar-refractivity contribution < 1.29 is 41.4 Å². The molecule has 0 bridgehead atoms. The number of furan rings is 2. The summed E-state index contributed by atoms with van der Waals surface area (Å²) in [7, 11) is -2.19. The highest BCUT2D eigenvalue weighted by Gasteiger charge is 2.19. The number of hydrogen-bond acceptors (Lipinski definition) is 11. The average Bonchev–Trinajstić information content (AvgIpc) is 4.05. The number of halogens is 2. The van der Waals surface area contributed by atoms with Crippen molar-refractivity contribution in [1.82, 2.24) is 10.6 Å². The molecule has 352 valence electrons. The molecule has 2 heterocycles. The van der Waals surface area contributed by atoms with Crippen LogP contribution in [-0.2, 0) is 39.5 Å². The molecule has 0 atom stereocenters. The molecule has 0 amide bonds. The Kier molecular flexibility index (Phi) is 21.1. The van der Waals surface area contributed by atoms with E-state index in [0.717, 1.165) is 91.0 Å². The molecule has 6 aromatic rings. The van der Waals surface area contributed by atoms with Gasteiger partial charge in [0.25, 0.3) is 0 Å². The molecule has 0 saturated heterocycles. The molecule has 14 heteroatoms. The smallest absolute Gasteiger partial charge is 0.493 e. The highest BCUT2D eigenvalue weighted by molar-refractivity contribution is 9.11. The lowest BCUT2D eigenvalue weighted by molar-refractivity contribution is 0.220. The summed E-state index contributed by atoms with van der Waals surface area (Å²) in [6, 6.07) is 28.8. The van der Waals surface area contributed by atoms with Gasteiger partial charge in [0.15, 0.2) is 0 Å². The molecule has 0 spiro atoms. The van der Waals surface area contributed by atoms with E-state index in [9.17, 15) is 4.57 Å². The van der Waals surface area contributed by atoms with Gasteiger partial charge in [-0.2, -0.15) is 0 Å². The molecule has 0 saturated carbocycles. The minimum Gasteiger partial charge on any atom is -0.493 e. The van der Waals surface area contributed by atoms with Gasteiger partial charge in [0.05, 0.1) is 59.4 Å². The SMILES string of the molecule is CC(C)Oc1ccc(CCCOc2ccc(CNCCCO[P+](=O)OCCCNCc3ccc(OCCCc4ccc(OC(C)C)c(Br)c4)c(-c4ccoc4)c3)cc2-c2ccoc2)cc1Br. The number of aryl methyl sites for hydroxylation is 2. The third-order valence-electron chi connectivity index (χ3n) is 10.3. The number of benzene rings is 4. The normalized spacial score (nSPS) is 11.4. The summed E-state index contributed by atoms with van der Waals surface area (Å²) in [6.45, 7) is 12.6. The fourth-order valence-electron chi connectivity index (χ4n) is 7.10. The van der Waals surface area contributed by atoms with E-state index in [1.165, 1.54) is 11.1 Å². The van der Waals surface area contributed by atoms with E-state index in [2.05, 4.69) is 91.0 Å². The van der Waals surface area contributed by atoms with Crippen LogP contribution in [0.15, 0.2) is 128 Å². The molecule has 0 unspecified atom stereocenters. The Morgan fingerprint density at radius 2 is 0.955 bits per heavy atom. The van der Waals surface area contributed by atoms with Gasteiger partial charge in [-0.25, -0.2) is 0 Å². The Morgan fingerprint density at radius 3 is 1.35 bits per heavy atom. The van der Waals surface area contributed by atoms with Crippen LogP contribution in [0.3, 0.4) is 0 Å². The van der Waals surface area contributed by atoms with Gasteiger partial charge in [-0.15, -0.1) is 9.05 Å². The second kappa shape index (κ2) is 27.4. The lowest BCUT2D eigenvalue weighted by atomic mass is 10.0. The number of hydrogen-bond donors (Lipinski definition) is 2. The predicted octanol–water partition coefficient (Wildman–Crippen LogP) is 13.7. The van der Waals surface area contributed by atoms with E-state index >= 15 is 0 Å². The molecule has 0 aliphatic heterocycles. The van der Waals surface area contributed by atoms with Crippen LogP contribution in [0.2, 0.25) is 0 Å². The van der Waals surface area contributed by atoms with Crippen molar-refractivity contribution in [3.05, 3.63) is 141 Å². The van der Waals surface area contributed by atoms with Gasteiger partial charge in [-0.3, -0.25) is 0 Å². The van der Waals surface area contributed by atoms with Crippen LogP contribution in [0.4, 0.5) is 0 Å². The predicted molar refractivity (Wildman–Crippen MR) is 268 cm³/mol. The van der Waals surface area contributed by atoms with Crippen molar-refractivity contribution >= 4 is 40.1 Å². The molecule has 2 aromatic heterocycles. The quantitative estimate of drug-likeness (QED) is 0.0331. The van der Waals surface area contributed by atoms with E-state index < -0.39 is 8.25 Å². The van der Waals surface area contributed by atoms with Crippen LogP contribution in [0.25, 0.3) is 22.3 Å². The molecule has 2 N–H and O–H groups in total. The number of nitrogens with one attached hydrogen (secondary N) is 2. The molecule has 6 rings (SSSR count). The van der Waals surface area contributed by atoms with E-state index in [1.807, 2.05) is 64.1 Å². The minimum atomic E-state index is -2.19. The zero-order valence-electron chi connectivity index (χ0n) is 38.3. The third kappa shape index (κ3) is 17.0. The second-order valence-electron chi connectivity index (χ2n) is 16.4. The Labute approximate surface area is 407 Å². The Balaban J connectivity index is 0.831. The van der Waals surface area contributed by atoms with Crippen LogP contribution in [0, 0.1) is 0 Å². The van der Waals surface area contributed by atoms with Crippen molar-refractivity contribution in [1.29, 1.82) is 0 Å². The highest BCUT2D eigenvalue weighted by atomic mass is 79.9. The van der Waals surface area contributed by atoms with Crippen molar-refractivity contribution in [3.63, 3.8) is 0 Å². The summed E-state index contributed by atoms with van der Waals surface area (Å²) in [5, 5.41) is 6.91. The summed E-state index contributed by atoms with van der Waals surface area (Å²) in [5.41, 5.74) is 8.59. The molecule has 0 aliphatic carbocycles. The van der Waals surface area contributed by atoms with Gasteiger partial charge >= 0.3 is 8.25 Å². The summed E-state index contributed by atoms with van der Waals surface area (Å²) >= 11 is 7.26. The Morgan fingerprint density at radius 1 is 0.530 bits per heavy atom. The molecule has 66 heavy (non-hydrogen) atoms. The summed E-state index contributed by atoms with van der Waals surface area (Å²) in [4.78, 5) is 0. The van der Waals surface area contributed by atoms with Gasteiger partial charge in [0.2, 0.25) is 0 Å². The standard InChI is InChI=1S/C52H62Br2N2O9P/c1-37(2)64-51-17-11-39(31-47(51)53)9-5-23-60-49-15-13-41(29-45(49)43-19-27-58-35-43)33-55-21-7-25-62-66(57)63-26-8-22-56-34-42-14-16-50(46(30-42)44-20-28-59-36-44)61-24-6-10-40-12-18-52(48(54)32-40)65-38(3)4/h11-20,27-32,35-38,55-56H,5-10,21-26,33-34H2,1-4H3/q+1. The van der Waals surface area contributed by atoms with Crippen LogP contribution in [0.1, 0.15) is 75.6 Å². The number of rotatable bonds is 30. The summed E-state index contributed by atoms with van der Waals surface area (Å²) in [5.74, 6) is 3.34. The first-order chi connectivity index (χ1) is 32.1. The van der Waals surface area contributed by atoms with Gasteiger partial charge in [0.1, 0.15) is 36.2 Å². The van der Waals surface area contributed by atoms with Crippen molar-refractivity contribution in [2.24, 2.45) is 0 Å². The lowest BCUT2D eigenvalue weighted by Crippen LogP contribution is -2.16. The zero-order valence-corrected chi connectivity index (χ0v) is 42.4. The van der Waals surface area contributed by atoms with Crippen LogP contribution in [-0.4, -0.2) is 51.7 Å². The maximum absolute atomic E-state index is 12.4. The van der Waals surface area contributed by atoms with Crippen LogP contribution in [0.5, 0.6) is 23.0 Å². The van der Waals surface area contributed by atoms with Gasteiger partial charge < -0.3 is 38.4 Å². The fourth-order valence-corrected chi connectivity index (χ4v) is 8.77. The van der Waals surface area contributed by atoms with Gasteiger partial charge in [0, 0.05) is 39.9 Å². The van der Waals surface area contributed by atoms with E-state index in [1.54, 1.807) is 25.1 Å². The van der Waals surface area contributed by atoms with Crippen LogP contribution >= 0.6 is 40.1 Å². The summed E-state index contributed by atoms with van der Waals surface area (Å²) in [6.07, 6.45) is 12.0. The van der Waals surface area contributed by atoms with Crippen molar-refractivity contribution in [2.45, 2.75) is 91.5 Å². The topological polar surface area (TPSA) is 123 Å². The van der Waals surface area contributed by atoms with Gasteiger partial charge in [-0.1, -0.05) is 24.3 Å². The Hall–Kier alpha value is -4.46. The monoisotopic (exact) mass is 1050 g/mol. The average molecular weight is 1050 g/mol. The molecule has 0 aliphatic rings. The number of ether oxygens (including phenoxy) is 4. The van der Waals surface area contributed by atoms with Crippen molar-refractivity contribution in [3.8, 4) is 45.3 Å². The molecule has 0 radical (unpaired) electrons. The maximum Gasteiger partial charge on any atom is 0.697 e. The first kappa shape index (κ1) is 50.9. The fraction of sp³-hybridized carbons (Fsp3) is 0.385. The second-order valence-corrected chi connectivity index (χ2v) is 19.1. The maximum atomic E-state index is 12.4. The molecular formula is C52H62Br2N2O9P+. The first-order valence-corrected chi connectivity index (χ1v) is 25.4. The molecular weight excluding hydrogens is 987 g/mol. The largest absolute Gasteiger partial charge is 0.697 e. The zero-order chi connectivity index (χ0) is 46.5. The molecule has 11 nitrogen and oxygen atoms in total. The Bertz CT molecular complexity index is 2210. The van der Waals surface area contributed by atoms with Crippen LogP contribution < -0.4 is 29.6 Å². The minimum absolute atomic E-state index is 0.123. The first-order valence-electron chi connectivity index (χ1n) is 22.7. The third-order valence-corrected chi connectivity index (χ3v) is 12.3.